The van der Waals surface area contributed by atoms with Crippen molar-refractivity contribution in [2.75, 3.05) is 18.8 Å². The molecule has 0 saturated carbocycles. The summed E-state index contributed by atoms with van der Waals surface area (Å²) >= 11 is 5.83. The van der Waals surface area contributed by atoms with Crippen LogP contribution in [0.3, 0.4) is 0 Å². The van der Waals surface area contributed by atoms with Crippen LogP contribution >= 0.6 is 11.6 Å². The van der Waals surface area contributed by atoms with E-state index in [1.807, 2.05) is 0 Å². The van der Waals surface area contributed by atoms with Gasteiger partial charge in [-0.25, -0.2) is 8.42 Å². The molecule has 1 fully saturated rings. The van der Waals surface area contributed by atoms with Crippen LogP contribution in [0.1, 0.15) is 24.9 Å². The summed E-state index contributed by atoms with van der Waals surface area (Å²) < 4.78 is 25.9. The highest BCUT2D eigenvalue weighted by Crippen LogP contribution is 2.27. The zero-order valence-corrected chi connectivity index (χ0v) is 12.7. The van der Waals surface area contributed by atoms with Crippen molar-refractivity contribution in [2.45, 2.75) is 19.4 Å². The molecule has 1 saturated heterocycles. The topological polar surface area (TPSA) is 66.5 Å². The summed E-state index contributed by atoms with van der Waals surface area (Å²) in [5.41, 5.74) is 0.631. The number of sulfonamides is 1. The highest BCUT2D eigenvalue weighted by Gasteiger charge is 2.37. The molecule has 110 valence electrons. The van der Waals surface area contributed by atoms with Gasteiger partial charge in [-0.15, -0.1) is 0 Å². The first kappa shape index (κ1) is 15.3. The molecule has 1 atom stereocenters. The summed E-state index contributed by atoms with van der Waals surface area (Å²) in [7, 11) is -3.43. The van der Waals surface area contributed by atoms with Crippen LogP contribution in [-0.2, 0) is 14.8 Å². The molecule has 1 heterocycles. The molecule has 5 nitrogen and oxygen atoms in total. The van der Waals surface area contributed by atoms with Gasteiger partial charge in [-0.1, -0.05) is 30.7 Å². The average Bonchev–Trinajstić information content (AvgIpc) is 2.40. The van der Waals surface area contributed by atoms with E-state index in [0.717, 1.165) is 0 Å². The number of rotatable bonds is 4. The standard InChI is InChI=1S/C13H17ClN2O3S/c1-2-9-20(18,19)16-8-7-15-13(17)12(16)10-3-5-11(14)6-4-10/h3-6,12H,2,7-9H2,1H3,(H,15,17). The third-order valence-electron chi connectivity index (χ3n) is 3.17. The van der Waals surface area contributed by atoms with Crippen LogP contribution in [0.2, 0.25) is 5.02 Å². The lowest BCUT2D eigenvalue weighted by Gasteiger charge is -2.34. The largest absolute Gasteiger partial charge is 0.353 e. The van der Waals surface area contributed by atoms with Gasteiger partial charge >= 0.3 is 0 Å². The summed E-state index contributed by atoms with van der Waals surface area (Å²) in [5.74, 6) is -0.247. The van der Waals surface area contributed by atoms with Crippen molar-refractivity contribution in [3.05, 3.63) is 34.9 Å². The third-order valence-corrected chi connectivity index (χ3v) is 5.46. The molecule has 2 rings (SSSR count). The molecular formula is C13H17ClN2O3S. The van der Waals surface area contributed by atoms with Crippen LogP contribution < -0.4 is 5.32 Å². The lowest BCUT2D eigenvalue weighted by Crippen LogP contribution is -2.52. The number of carbonyl (C=O) groups excluding carboxylic acids is 1. The summed E-state index contributed by atoms with van der Waals surface area (Å²) in [5, 5.41) is 3.26. The van der Waals surface area contributed by atoms with Gasteiger partial charge in [0.15, 0.2) is 0 Å². The molecule has 1 N–H and O–H groups in total. The zero-order chi connectivity index (χ0) is 14.8. The number of amides is 1. The number of hydrogen-bond acceptors (Lipinski definition) is 3. The van der Waals surface area contributed by atoms with Crippen LogP contribution in [0.15, 0.2) is 24.3 Å². The molecule has 1 aliphatic rings. The van der Waals surface area contributed by atoms with Gasteiger partial charge in [-0.2, -0.15) is 4.31 Å². The van der Waals surface area contributed by atoms with Crippen molar-refractivity contribution in [3.8, 4) is 0 Å². The smallest absolute Gasteiger partial charge is 0.243 e. The lowest BCUT2D eigenvalue weighted by molar-refractivity contribution is -0.126. The molecule has 0 bridgehead atoms. The van der Waals surface area contributed by atoms with E-state index < -0.39 is 16.1 Å². The highest BCUT2D eigenvalue weighted by atomic mass is 35.5. The van der Waals surface area contributed by atoms with Gasteiger partial charge < -0.3 is 5.32 Å². The Kier molecular flexibility index (Phi) is 4.67. The molecular weight excluding hydrogens is 300 g/mol. The van der Waals surface area contributed by atoms with Crippen molar-refractivity contribution >= 4 is 27.5 Å². The van der Waals surface area contributed by atoms with Gasteiger partial charge in [0.05, 0.1) is 5.75 Å². The Morgan fingerprint density at radius 2 is 2.00 bits per heavy atom. The van der Waals surface area contributed by atoms with E-state index >= 15 is 0 Å². The predicted octanol–water partition coefficient (Wildman–Crippen LogP) is 1.55. The Balaban J connectivity index is 2.39. The minimum absolute atomic E-state index is 0.0460. The van der Waals surface area contributed by atoms with Gasteiger partial charge in [0, 0.05) is 18.1 Å². The Bertz CT molecular complexity index is 586. The average molecular weight is 317 g/mol. The molecule has 1 aromatic rings. The maximum Gasteiger partial charge on any atom is 0.243 e. The number of nitrogens with one attached hydrogen (secondary N) is 1. The maximum atomic E-state index is 12.3. The summed E-state index contributed by atoms with van der Waals surface area (Å²) in [6.07, 6.45) is 0.522. The van der Waals surface area contributed by atoms with Crippen LogP contribution in [0.4, 0.5) is 0 Å². The number of nitrogens with zero attached hydrogens (tertiary/aromatic N) is 1. The van der Waals surface area contributed by atoms with E-state index in [4.69, 9.17) is 11.6 Å². The second-order valence-corrected chi connectivity index (χ2v) is 7.15. The predicted molar refractivity (Wildman–Crippen MR) is 78.0 cm³/mol. The van der Waals surface area contributed by atoms with E-state index in [-0.39, 0.29) is 11.7 Å². The van der Waals surface area contributed by atoms with Crippen LogP contribution in [0.25, 0.3) is 0 Å². The van der Waals surface area contributed by atoms with E-state index in [1.54, 1.807) is 31.2 Å². The Hall–Kier alpha value is -1.11. The van der Waals surface area contributed by atoms with Crippen LogP contribution in [0, 0.1) is 0 Å². The highest BCUT2D eigenvalue weighted by molar-refractivity contribution is 7.89. The molecule has 7 heteroatoms. The van der Waals surface area contributed by atoms with E-state index in [1.165, 1.54) is 4.31 Å². The van der Waals surface area contributed by atoms with E-state index in [9.17, 15) is 13.2 Å². The van der Waals surface area contributed by atoms with Gasteiger partial charge in [0.25, 0.3) is 0 Å². The quantitative estimate of drug-likeness (QED) is 0.916. The van der Waals surface area contributed by atoms with Crippen molar-refractivity contribution in [3.63, 3.8) is 0 Å². The second-order valence-electron chi connectivity index (χ2n) is 4.67. The van der Waals surface area contributed by atoms with Gasteiger partial charge in [0.2, 0.25) is 15.9 Å². The summed E-state index contributed by atoms with van der Waals surface area (Å²) in [6.45, 7) is 2.44. The molecule has 1 aromatic carbocycles. The lowest BCUT2D eigenvalue weighted by atomic mass is 10.1. The van der Waals surface area contributed by atoms with Gasteiger partial charge in [0.1, 0.15) is 6.04 Å². The minimum Gasteiger partial charge on any atom is -0.353 e. The number of benzene rings is 1. The van der Waals surface area contributed by atoms with Crippen molar-refractivity contribution in [1.29, 1.82) is 0 Å². The Labute approximate surface area is 124 Å². The summed E-state index contributed by atoms with van der Waals surface area (Å²) in [4.78, 5) is 12.1. The van der Waals surface area contributed by atoms with Crippen molar-refractivity contribution < 1.29 is 13.2 Å². The first-order valence-electron chi connectivity index (χ1n) is 6.48. The first-order valence-corrected chi connectivity index (χ1v) is 8.47. The molecule has 0 aliphatic carbocycles. The Morgan fingerprint density at radius 3 is 2.60 bits per heavy atom. The maximum absolute atomic E-state index is 12.3. The first-order chi connectivity index (χ1) is 9.45. The van der Waals surface area contributed by atoms with Crippen LogP contribution in [0.5, 0.6) is 0 Å². The van der Waals surface area contributed by atoms with Crippen molar-refractivity contribution in [2.24, 2.45) is 0 Å². The number of piperazine rings is 1. The molecule has 20 heavy (non-hydrogen) atoms. The fraction of sp³-hybridized carbons (Fsp3) is 0.462. The van der Waals surface area contributed by atoms with E-state index in [2.05, 4.69) is 5.32 Å². The molecule has 1 amide bonds. The fourth-order valence-electron chi connectivity index (χ4n) is 2.28. The van der Waals surface area contributed by atoms with Gasteiger partial charge in [-0.3, -0.25) is 4.79 Å². The second kappa shape index (κ2) is 6.11. The molecule has 1 unspecified atom stereocenters. The molecule has 0 aromatic heterocycles. The minimum atomic E-state index is -3.43. The normalized spacial score (nSPS) is 20.7. The fourth-order valence-corrected chi connectivity index (χ4v) is 4.07. The zero-order valence-electron chi connectivity index (χ0n) is 11.2. The molecule has 1 aliphatic heterocycles. The summed E-state index contributed by atoms with van der Waals surface area (Å²) in [6, 6.07) is 5.88. The Morgan fingerprint density at radius 1 is 1.35 bits per heavy atom. The van der Waals surface area contributed by atoms with Gasteiger partial charge in [-0.05, 0) is 24.1 Å². The number of halogens is 1. The monoisotopic (exact) mass is 316 g/mol. The van der Waals surface area contributed by atoms with E-state index in [0.29, 0.717) is 30.1 Å². The molecule has 0 radical (unpaired) electrons. The SMILES string of the molecule is CCCS(=O)(=O)N1CCNC(=O)C1c1ccc(Cl)cc1. The van der Waals surface area contributed by atoms with Crippen LogP contribution in [-0.4, -0.2) is 37.5 Å². The number of hydrogen-bond donors (Lipinski definition) is 1. The molecule has 0 spiro atoms. The number of carbonyl (C=O) groups is 1. The van der Waals surface area contributed by atoms with Crippen molar-refractivity contribution in [1.82, 2.24) is 9.62 Å². The third kappa shape index (κ3) is 3.13.